The Morgan fingerprint density at radius 2 is 1.95 bits per heavy atom. The number of ether oxygens (including phenoxy) is 2. The Bertz CT molecular complexity index is 1230. The van der Waals surface area contributed by atoms with Crippen molar-refractivity contribution in [2.24, 2.45) is 0 Å². The van der Waals surface area contributed by atoms with Gasteiger partial charge in [0.1, 0.15) is 17.2 Å². The van der Waals surface area contributed by atoms with Gasteiger partial charge in [0.15, 0.2) is 8.38 Å². The second-order valence-electron chi connectivity index (χ2n) is 12.0. The van der Waals surface area contributed by atoms with Gasteiger partial charge in [0, 0.05) is 61.8 Å². The molecule has 1 aromatic heterocycles. The van der Waals surface area contributed by atoms with Crippen LogP contribution in [0.1, 0.15) is 68.9 Å². The number of piperidine rings is 1. The molecule has 1 saturated heterocycles. The van der Waals surface area contributed by atoms with Crippen molar-refractivity contribution in [3.63, 3.8) is 0 Å². The van der Waals surface area contributed by atoms with E-state index >= 15 is 0 Å². The topological polar surface area (TPSA) is 95.4 Å². The fraction of sp³-hybridized carbons (Fsp3) is 0.562. The molecule has 1 aliphatic heterocycles. The van der Waals surface area contributed by atoms with Crippen LogP contribution in [0.15, 0.2) is 42.6 Å². The zero-order valence-corrected chi connectivity index (χ0v) is 25.5. The van der Waals surface area contributed by atoms with Gasteiger partial charge in [-0.3, -0.25) is 19.6 Å². The Hall–Kier alpha value is -2.42. The molecule has 42 heavy (non-hydrogen) atoms. The standard InChI is InChI=1S/C32H43FN3O5P/c1-3-40-31-18-29(30-12-7-25(33)19-34-30)28(23-5-4-6-23)17-24(31)20-36-15-13-32(14-16-36,41-22-37)21-35(2)26-8-10-27(11-9-26)42(38)39/h7-8,10,12,17-19,22-23,26-27,38-39H,3-6,9,11,13-16,20-21H2,1-2H3. The molecule has 5 rings (SSSR count). The van der Waals surface area contributed by atoms with Crippen molar-refractivity contribution in [2.75, 3.05) is 33.3 Å². The number of likely N-dealkylation sites (N-methyl/N-ethyl adjacent to an activating group) is 1. The molecule has 3 aliphatic rings. The molecule has 228 valence electrons. The summed E-state index contributed by atoms with van der Waals surface area (Å²) in [5.41, 5.74) is 3.45. The molecule has 2 aliphatic carbocycles. The van der Waals surface area contributed by atoms with E-state index in [0.29, 0.717) is 25.5 Å². The summed E-state index contributed by atoms with van der Waals surface area (Å²) in [6.45, 7) is 6.05. The van der Waals surface area contributed by atoms with Gasteiger partial charge >= 0.3 is 0 Å². The molecule has 2 N–H and O–H groups in total. The number of benzene rings is 1. The average molecular weight is 600 g/mol. The lowest BCUT2D eigenvalue weighted by Crippen LogP contribution is -2.53. The minimum absolute atomic E-state index is 0.166. The molecule has 1 aromatic carbocycles. The SMILES string of the molecule is CCOc1cc(-c2ccc(F)cn2)c(C2CCC2)cc1CN1CCC(CN(C)C2C=CC(P(O)O)CC2)(OC=O)CC1. The molecule has 2 aromatic rings. The second kappa shape index (κ2) is 13.9. The summed E-state index contributed by atoms with van der Waals surface area (Å²) in [5.74, 6) is 0.958. The van der Waals surface area contributed by atoms with Crippen LogP contribution in [0.3, 0.4) is 0 Å². The maximum absolute atomic E-state index is 13.6. The van der Waals surface area contributed by atoms with Gasteiger partial charge in [-0.2, -0.15) is 0 Å². The quantitative estimate of drug-likeness (QED) is 0.191. The monoisotopic (exact) mass is 599 g/mol. The lowest BCUT2D eigenvalue weighted by atomic mass is 9.77. The number of nitrogens with zero attached hydrogens (tertiary/aromatic N) is 3. The van der Waals surface area contributed by atoms with E-state index in [1.165, 1.54) is 24.2 Å². The Balaban J connectivity index is 1.30. The molecule has 0 spiro atoms. The van der Waals surface area contributed by atoms with Crippen LogP contribution in [0.4, 0.5) is 4.39 Å². The van der Waals surface area contributed by atoms with Crippen molar-refractivity contribution in [3.8, 4) is 17.0 Å². The fourth-order valence-electron chi connectivity index (χ4n) is 6.57. The number of hydrogen-bond acceptors (Lipinski definition) is 8. The van der Waals surface area contributed by atoms with E-state index in [-0.39, 0.29) is 17.5 Å². The Labute approximate surface area is 249 Å². The van der Waals surface area contributed by atoms with Crippen LogP contribution in [0, 0.1) is 5.82 Å². The summed E-state index contributed by atoms with van der Waals surface area (Å²) in [5, 5.41) is 0. The van der Waals surface area contributed by atoms with Gasteiger partial charge in [0.2, 0.25) is 0 Å². The molecular formula is C32H43FN3O5P. The Kier molecular flexibility index (Phi) is 10.3. The van der Waals surface area contributed by atoms with Crippen LogP contribution < -0.4 is 4.74 Å². The van der Waals surface area contributed by atoms with Gasteiger partial charge < -0.3 is 19.3 Å². The van der Waals surface area contributed by atoms with Crippen LogP contribution in [-0.4, -0.2) is 81.6 Å². The van der Waals surface area contributed by atoms with E-state index in [2.05, 4.69) is 33.0 Å². The number of likely N-dealkylation sites (tertiary alicyclic amines) is 1. The normalized spacial score (nSPS) is 22.7. The van der Waals surface area contributed by atoms with Crippen molar-refractivity contribution < 1.29 is 28.4 Å². The van der Waals surface area contributed by atoms with E-state index in [9.17, 15) is 19.0 Å². The van der Waals surface area contributed by atoms with Crippen molar-refractivity contribution in [3.05, 3.63) is 59.6 Å². The highest BCUT2D eigenvalue weighted by molar-refractivity contribution is 7.46. The third kappa shape index (κ3) is 7.20. The number of allylic oxidation sites excluding steroid dienone is 1. The van der Waals surface area contributed by atoms with Crippen LogP contribution in [-0.2, 0) is 16.1 Å². The van der Waals surface area contributed by atoms with Gasteiger partial charge in [-0.1, -0.05) is 18.6 Å². The second-order valence-corrected chi connectivity index (χ2v) is 13.3. The third-order valence-corrected chi connectivity index (χ3v) is 10.3. The van der Waals surface area contributed by atoms with Crippen molar-refractivity contribution in [1.29, 1.82) is 0 Å². The van der Waals surface area contributed by atoms with Crippen molar-refractivity contribution >= 4 is 14.8 Å². The highest BCUT2D eigenvalue weighted by atomic mass is 31.2. The summed E-state index contributed by atoms with van der Waals surface area (Å²) in [4.78, 5) is 39.7. The van der Waals surface area contributed by atoms with Crippen LogP contribution in [0.2, 0.25) is 0 Å². The Morgan fingerprint density at radius 3 is 2.52 bits per heavy atom. The van der Waals surface area contributed by atoms with Crippen molar-refractivity contribution in [2.45, 2.75) is 81.6 Å². The lowest BCUT2D eigenvalue weighted by molar-refractivity contribution is -0.152. The highest BCUT2D eigenvalue weighted by Gasteiger charge is 2.39. The molecule has 1 saturated carbocycles. The van der Waals surface area contributed by atoms with Gasteiger partial charge in [0.25, 0.3) is 6.47 Å². The minimum Gasteiger partial charge on any atom is -0.494 e. The number of rotatable bonds is 12. The van der Waals surface area contributed by atoms with Crippen LogP contribution in [0.5, 0.6) is 5.75 Å². The molecule has 2 atom stereocenters. The molecule has 0 amide bonds. The number of aromatic nitrogens is 1. The summed E-state index contributed by atoms with van der Waals surface area (Å²) >= 11 is 0. The van der Waals surface area contributed by atoms with E-state index in [1.807, 2.05) is 20.0 Å². The van der Waals surface area contributed by atoms with E-state index in [1.54, 1.807) is 6.07 Å². The number of carbonyl (C=O) groups is 1. The first kappa shape index (κ1) is 31.0. The molecule has 10 heteroatoms. The van der Waals surface area contributed by atoms with E-state index < -0.39 is 14.0 Å². The number of carbonyl (C=O) groups excluding carboxylic acids is 1. The summed E-state index contributed by atoms with van der Waals surface area (Å²) < 4.78 is 25.5. The Morgan fingerprint density at radius 1 is 1.17 bits per heavy atom. The summed E-state index contributed by atoms with van der Waals surface area (Å²) in [6.07, 6.45) is 11.8. The number of pyridine rings is 1. The van der Waals surface area contributed by atoms with Gasteiger partial charge in [-0.15, -0.1) is 0 Å². The lowest BCUT2D eigenvalue weighted by Gasteiger charge is -2.44. The highest BCUT2D eigenvalue weighted by Crippen LogP contribution is 2.44. The minimum atomic E-state index is -1.95. The molecule has 2 fully saturated rings. The van der Waals surface area contributed by atoms with E-state index in [0.717, 1.165) is 80.7 Å². The van der Waals surface area contributed by atoms with Gasteiger partial charge in [0.05, 0.1) is 18.5 Å². The van der Waals surface area contributed by atoms with Gasteiger partial charge in [-0.25, -0.2) is 4.39 Å². The first-order valence-electron chi connectivity index (χ1n) is 15.1. The van der Waals surface area contributed by atoms with Crippen molar-refractivity contribution in [1.82, 2.24) is 14.8 Å². The van der Waals surface area contributed by atoms with Crippen LogP contribution in [0.25, 0.3) is 11.3 Å². The predicted octanol–water partition coefficient (Wildman–Crippen LogP) is 5.38. The third-order valence-electron chi connectivity index (χ3n) is 9.25. The smallest absolute Gasteiger partial charge is 0.293 e. The van der Waals surface area contributed by atoms with Gasteiger partial charge in [-0.05, 0) is 75.4 Å². The zero-order valence-electron chi connectivity index (χ0n) is 24.6. The predicted molar refractivity (Wildman–Crippen MR) is 162 cm³/mol. The number of halogens is 1. The van der Waals surface area contributed by atoms with E-state index in [4.69, 9.17) is 9.47 Å². The largest absolute Gasteiger partial charge is 0.494 e. The summed E-state index contributed by atoms with van der Waals surface area (Å²) in [7, 11) is 0.101. The molecule has 2 heterocycles. The average Bonchev–Trinajstić information content (AvgIpc) is 2.95. The first-order valence-corrected chi connectivity index (χ1v) is 16.4. The maximum atomic E-state index is 13.6. The fourth-order valence-corrected chi connectivity index (χ4v) is 7.20. The molecular weight excluding hydrogens is 556 g/mol. The molecule has 0 bridgehead atoms. The number of hydrogen-bond donors (Lipinski definition) is 2. The molecule has 0 radical (unpaired) electrons. The molecule has 8 nitrogen and oxygen atoms in total. The molecule has 2 unspecified atom stereocenters. The summed E-state index contributed by atoms with van der Waals surface area (Å²) in [6, 6.07) is 7.75. The maximum Gasteiger partial charge on any atom is 0.293 e. The van der Waals surface area contributed by atoms with Crippen LogP contribution >= 0.6 is 8.38 Å². The zero-order chi connectivity index (χ0) is 29.7. The first-order chi connectivity index (χ1) is 20.3.